The van der Waals surface area contributed by atoms with Crippen LogP contribution in [0.4, 0.5) is 0 Å². The third-order valence-corrected chi connectivity index (χ3v) is 5.77. The molecule has 2 heterocycles. The number of furan rings is 1. The van der Waals surface area contributed by atoms with E-state index in [2.05, 4.69) is 20.8 Å². The Hall–Kier alpha value is -2.16. The Bertz CT molecular complexity index is 888. The average molecular weight is 364 g/mol. The lowest BCUT2D eigenvalue weighted by molar-refractivity contribution is 0.0563. The number of methoxy groups -OCH3 is 1. The van der Waals surface area contributed by atoms with Crippen molar-refractivity contribution in [1.82, 2.24) is 10.0 Å². The Morgan fingerprint density at radius 2 is 2.16 bits per heavy atom. The third kappa shape index (κ3) is 3.60. The fourth-order valence-electron chi connectivity index (χ4n) is 2.98. The summed E-state index contributed by atoms with van der Waals surface area (Å²) >= 11 is 0. The van der Waals surface area contributed by atoms with E-state index in [0.29, 0.717) is 0 Å². The topological polar surface area (TPSA) is 97.6 Å². The van der Waals surface area contributed by atoms with Crippen LogP contribution in [0.5, 0.6) is 0 Å². The molecule has 1 aliphatic rings. The molecule has 0 aliphatic carbocycles. The fraction of sp³-hybridized carbons (Fsp3) is 0.353. The first-order valence-corrected chi connectivity index (χ1v) is 9.40. The molecule has 7 nitrogen and oxygen atoms in total. The first kappa shape index (κ1) is 17.7. The van der Waals surface area contributed by atoms with Gasteiger partial charge in [0.25, 0.3) is 0 Å². The molecule has 0 saturated carbocycles. The van der Waals surface area contributed by atoms with Crippen LogP contribution in [-0.2, 0) is 21.2 Å². The summed E-state index contributed by atoms with van der Waals surface area (Å²) < 4.78 is 37.5. The molecule has 25 heavy (non-hydrogen) atoms. The van der Waals surface area contributed by atoms with E-state index in [4.69, 9.17) is 4.42 Å². The highest BCUT2D eigenvalue weighted by Gasteiger charge is 2.26. The largest absolute Gasteiger partial charge is 0.463 e. The number of hydrogen-bond donors (Lipinski definition) is 2. The van der Waals surface area contributed by atoms with Gasteiger partial charge in [0.15, 0.2) is 0 Å². The van der Waals surface area contributed by atoms with Gasteiger partial charge < -0.3 is 14.5 Å². The van der Waals surface area contributed by atoms with Crippen molar-refractivity contribution in [2.45, 2.75) is 24.3 Å². The fourth-order valence-corrected chi connectivity index (χ4v) is 4.20. The van der Waals surface area contributed by atoms with Crippen LogP contribution in [0.25, 0.3) is 0 Å². The number of sulfonamides is 1. The average Bonchev–Trinajstić information content (AvgIpc) is 3.02. The molecule has 134 valence electrons. The van der Waals surface area contributed by atoms with Crippen molar-refractivity contribution < 1.29 is 22.4 Å². The zero-order valence-corrected chi connectivity index (χ0v) is 14.9. The molecule has 1 aromatic carbocycles. The van der Waals surface area contributed by atoms with Crippen molar-refractivity contribution in [3.63, 3.8) is 0 Å². The molecule has 0 spiro atoms. The third-order valence-electron chi connectivity index (χ3n) is 4.24. The summed E-state index contributed by atoms with van der Waals surface area (Å²) in [7, 11) is -2.60. The Morgan fingerprint density at radius 3 is 2.92 bits per heavy atom. The summed E-state index contributed by atoms with van der Waals surface area (Å²) in [5, 5.41) is 3.32. The van der Waals surface area contributed by atoms with Crippen molar-refractivity contribution >= 4 is 16.0 Å². The van der Waals surface area contributed by atoms with Crippen molar-refractivity contribution in [3.8, 4) is 0 Å². The van der Waals surface area contributed by atoms with Crippen LogP contribution in [0.15, 0.2) is 39.6 Å². The van der Waals surface area contributed by atoms with Crippen LogP contribution in [0, 0.1) is 6.92 Å². The molecule has 8 heteroatoms. The van der Waals surface area contributed by atoms with Crippen LogP contribution in [-0.4, -0.2) is 34.6 Å². The van der Waals surface area contributed by atoms with Crippen LogP contribution in [0.3, 0.4) is 0 Å². The predicted molar refractivity (Wildman–Crippen MR) is 90.9 cm³/mol. The zero-order valence-electron chi connectivity index (χ0n) is 14.0. The van der Waals surface area contributed by atoms with Gasteiger partial charge in [0.2, 0.25) is 15.8 Å². The highest BCUT2D eigenvalue weighted by Crippen LogP contribution is 2.24. The van der Waals surface area contributed by atoms with E-state index in [-0.39, 0.29) is 29.0 Å². The van der Waals surface area contributed by atoms with Gasteiger partial charge in [0.05, 0.1) is 7.11 Å². The summed E-state index contributed by atoms with van der Waals surface area (Å²) in [6.45, 7) is 2.49. The molecule has 1 aliphatic heterocycles. The monoisotopic (exact) mass is 364 g/mol. The Morgan fingerprint density at radius 1 is 1.40 bits per heavy atom. The number of esters is 1. The van der Waals surface area contributed by atoms with Crippen LogP contribution in [0.2, 0.25) is 0 Å². The normalized spacial score (nSPS) is 17.1. The smallest absolute Gasteiger partial charge is 0.373 e. The first-order chi connectivity index (χ1) is 11.9. The summed E-state index contributed by atoms with van der Waals surface area (Å²) in [6, 6.07) is 9.06. The van der Waals surface area contributed by atoms with Crippen LogP contribution < -0.4 is 10.0 Å². The van der Waals surface area contributed by atoms with Gasteiger partial charge in [-0.05, 0) is 31.0 Å². The van der Waals surface area contributed by atoms with Gasteiger partial charge in [-0.3, -0.25) is 0 Å². The standard InChI is InChI=1S/C17H20N2O5S/c1-11-16(9-15(24-11)17(20)23-2)25(21,22)19-10-14-13-6-4-3-5-12(13)7-8-18-14/h3-6,9,14,18-19H,7-8,10H2,1-2H3. The second kappa shape index (κ2) is 6.99. The number of hydrogen-bond acceptors (Lipinski definition) is 6. The van der Waals surface area contributed by atoms with E-state index >= 15 is 0 Å². The molecule has 0 saturated heterocycles. The molecule has 0 bridgehead atoms. The lowest BCUT2D eigenvalue weighted by Crippen LogP contribution is -2.38. The number of aryl methyl sites for hydroxylation is 1. The van der Waals surface area contributed by atoms with Crippen molar-refractivity contribution in [3.05, 3.63) is 53.0 Å². The van der Waals surface area contributed by atoms with Gasteiger partial charge in [-0.25, -0.2) is 17.9 Å². The summed E-state index contributed by atoms with van der Waals surface area (Å²) in [5.74, 6) is -0.709. The number of rotatable bonds is 5. The number of nitrogens with one attached hydrogen (secondary N) is 2. The minimum Gasteiger partial charge on any atom is -0.463 e. The highest BCUT2D eigenvalue weighted by atomic mass is 32.2. The van der Waals surface area contributed by atoms with E-state index in [9.17, 15) is 13.2 Å². The minimum atomic E-state index is -3.81. The van der Waals surface area contributed by atoms with E-state index in [1.807, 2.05) is 18.2 Å². The van der Waals surface area contributed by atoms with Crippen LogP contribution >= 0.6 is 0 Å². The van der Waals surface area contributed by atoms with E-state index < -0.39 is 16.0 Å². The number of fused-ring (bicyclic) bond motifs is 1. The molecule has 0 radical (unpaired) electrons. The maximum atomic E-state index is 12.6. The van der Waals surface area contributed by atoms with Gasteiger partial charge in [0, 0.05) is 18.7 Å². The van der Waals surface area contributed by atoms with Gasteiger partial charge in [-0.1, -0.05) is 24.3 Å². The number of carbonyl (C=O) groups excluding carboxylic acids is 1. The molecular formula is C17H20N2O5S. The molecule has 1 atom stereocenters. The van der Waals surface area contributed by atoms with Gasteiger partial charge in [-0.2, -0.15) is 0 Å². The van der Waals surface area contributed by atoms with Crippen molar-refractivity contribution in [1.29, 1.82) is 0 Å². The van der Waals surface area contributed by atoms with Crippen molar-refractivity contribution in [2.24, 2.45) is 0 Å². The van der Waals surface area contributed by atoms with E-state index in [0.717, 1.165) is 18.5 Å². The molecule has 1 unspecified atom stereocenters. The van der Waals surface area contributed by atoms with Gasteiger partial charge in [0.1, 0.15) is 10.7 Å². The molecule has 0 amide bonds. The Balaban J connectivity index is 1.77. The molecule has 2 N–H and O–H groups in total. The second-order valence-corrected chi connectivity index (χ2v) is 7.57. The maximum absolute atomic E-state index is 12.6. The lowest BCUT2D eigenvalue weighted by Gasteiger charge is -2.27. The summed E-state index contributed by atoms with van der Waals surface area (Å²) in [4.78, 5) is 11.4. The quantitative estimate of drug-likeness (QED) is 0.781. The number of carbonyl (C=O) groups is 1. The zero-order chi connectivity index (χ0) is 18.0. The lowest BCUT2D eigenvalue weighted by atomic mass is 9.95. The Kier molecular flexibility index (Phi) is 4.94. The number of ether oxygens (including phenoxy) is 1. The minimum absolute atomic E-state index is 0.0583. The van der Waals surface area contributed by atoms with Crippen LogP contribution in [0.1, 0.15) is 33.5 Å². The molecule has 2 aromatic rings. The summed E-state index contributed by atoms with van der Waals surface area (Å²) in [6.07, 6.45) is 0.919. The van der Waals surface area contributed by atoms with Crippen molar-refractivity contribution in [2.75, 3.05) is 20.2 Å². The first-order valence-electron chi connectivity index (χ1n) is 7.92. The van der Waals surface area contributed by atoms with Gasteiger partial charge in [-0.15, -0.1) is 0 Å². The highest BCUT2D eigenvalue weighted by molar-refractivity contribution is 7.89. The SMILES string of the molecule is COC(=O)c1cc(S(=O)(=O)NCC2NCCc3ccccc32)c(C)o1. The Labute approximate surface area is 146 Å². The maximum Gasteiger partial charge on any atom is 0.373 e. The van der Waals surface area contributed by atoms with E-state index in [1.165, 1.54) is 25.7 Å². The molecular weight excluding hydrogens is 344 g/mol. The second-order valence-electron chi connectivity index (χ2n) is 5.83. The molecule has 3 rings (SSSR count). The summed E-state index contributed by atoms with van der Waals surface area (Å²) in [5.41, 5.74) is 2.31. The molecule has 0 fully saturated rings. The van der Waals surface area contributed by atoms with E-state index in [1.54, 1.807) is 0 Å². The molecule has 1 aromatic heterocycles. The predicted octanol–water partition coefficient (Wildman–Crippen LogP) is 1.54. The van der Waals surface area contributed by atoms with Gasteiger partial charge >= 0.3 is 5.97 Å². The number of benzene rings is 1.